The van der Waals surface area contributed by atoms with Crippen LogP contribution in [-0.4, -0.2) is 0 Å². The van der Waals surface area contributed by atoms with Crippen LogP contribution in [0.15, 0.2) is 36.4 Å². The van der Waals surface area contributed by atoms with Gasteiger partial charge in [-0.15, -0.1) is 71.8 Å². The first-order valence-corrected chi connectivity index (χ1v) is 3.49. The number of aryl methyl sites for hydroxylation is 1. The number of hydrogen-bond donors (Lipinski definition) is 0. The molecular weight excluding hydrogens is 274 g/mol. The maximum Gasteiger partial charge on any atom is 0 e. The summed E-state index contributed by atoms with van der Waals surface area (Å²) in [6, 6.07) is 12.8. The molecule has 4 heteroatoms. The molecule has 0 radical (unpaired) electrons. The van der Waals surface area contributed by atoms with Crippen molar-refractivity contribution in [2.75, 3.05) is 0 Å². The van der Waals surface area contributed by atoms with Crippen LogP contribution in [0.25, 0.3) is 10.8 Å². The zero-order chi connectivity index (χ0) is 6.97. The summed E-state index contributed by atoms with van der Waals surface area (Å²) in [5.74, 6) is 0. The number of benzene rings is 1. The van der Waals surface area contributed by atoms with Gasteiger partial charge in [0.2, 0.25) is 0 Å². The minimum Gasteiger partial charge on any atom is -0.168 e. The molecule has 0 unspecified atom stereocenters. The summed E-state index contributed by atoms with van der Waals surface area (Å²) in [6.07, 6.45) is 0. The summed E-state index contributed by atoms with van der Waals surface area (Å²) in [6.45, 7) is 2.14. The SMILES string of the molecule is C[c-]1ccc2ccccc21.Cl.Cl.Cl.[Ti]. The first-order chi connectivity index (χ1) is 4.88. The summed E-state index contributed by atoms with van der Waals surface area (Å²) in [5.41, 5.74) is 1.37. The maximum absolute atomic E-state index is 2.16. The van der Waals surface area contributed by atoms with Crippen LogP contribution < -0.4 is 0 Å². The normalized spacial score (nSPS) is 7.50. The first-order valence-electron chi connectivity index (χ1n) is 3.49. The molecule has 78 valence electrons. The van der Waals surface area contributed by atoms with E-state index in [2.05, 4.69) is 43.3 Å². The van der Waals surface area contributed by atoms with Crippen LogP contribution in [0.2, 0.25) is 0 Å². The fourth-order valence-electron chi connectivity index (χ4n) is 1.31. The third kappa shape index (κ3) is 3.88. The molecule has 0 saturated heterocycles. The van der Waals surface area contributed by atoms with Crippen LogP contribution >= 0.6 is 37.2 Å². The second-order valence-electron chi connectivity index (χ2n) is 2.60. The van der Waals surface area contributed by atoms with Crippen LogP contribution in [0.1, 0.15) is 5.56 Å². The summed E-state index contributed by atoms with van der Waals surface area (Å²) in [4.78, 5) is 0. The molecule has 0 atom stereocenters. The molecule has 2 rings (SSSR count). The van der Waals surface area contributed by atoms with Crippen LogP contribution in [0, 0.1) is 6.92 Å². The standard InChI is InChI=1S/C10H9.3ClH.Ti/c1-8-6-7-9-4-2-3-5-10(8)9;;;;/h2-7H,1H3;3*1H;/q-1;;;;. The van der Waals surface area contributed by atoms with E-state index >= 15 is 0 Å². The predicted octanol–water partition coefficient (Wildman–Crippen LogP) is 4.13. The van der Waals surface area contributed by atoms with Gasteiger partial charge in [-0.3, -0.25) is 0 Å². The van der Waals surface area contributed by atoms with Gasteiger partial charge in [-0.2, -0.15) is 12.1 Å². The van der Waals surface area contributed by atoms with Crippen LogP contribution in [0.5, 0.6) is 0 Å². The summed E-state index contributed by atoms with van der Waals surface area (Å²) >= 11 is 0. The Bertz CT molecular complexity index is 357. The van der Waals surface area contributed by atoms with E-state index in [0.717, 1.165) is 0 Å². The smallest absolute Gasteiger partial charge is 0 e. The van der Waals surface area contributed by atoms with Gasteiger partial charge >= 0.3 is 0 Å². The van der Waals surface area contributed by atoms with Crippen molar-refractivity contribution in [2.24, 2.45) is 0 Å². The molecule has 0 aliphatic rings. The quantitative estimate of drug-likeness (QED) is 0.504. The maximum atomic E-state index is 2.16. The van der Waals surface area contributed by atoms with E-state index in [9.17, 15) is 0 Å². The Morgan fingerprint density at radius 1 is 0.929 bits per heavy atom. The number of rotatable bonds is 0. The zero-order valence-electron chi connectivity index (χ0n) is 7.69. The molecule has 0 heterocycles. The molecule has 14 heavy (non-hydrogen) atoms. The first kappa shape index (κ1) is 19.9. The minimum atomic E-state index is 0. The van der Waals surface area contributed by atoms with E-state index in [-0.39, 0.29) is 58.9 Å². The third-order valence-electron chi connectivity index (χ3n) is 1.90. The average Bonchev–Trinajstić information content (AvgIpc) is 2.34. The molecule has 0 bridgehead atoms. The second-order valence-corrected chi connectivity index (χ2v) is 2.60. The zero-order valence-corrected chi connectivity index (χ0v) is 11.7. The Morgan fingerprint density at radius 3 is 2.07 bits per heavy atom. The number of fused-ring (bicyclic) bond motifs is 1. The molecule has 0 N–H and O–H groups in total. The molecule has 0 fully saturated rings. The van der Waals surface area contributed by atoms with Gasteiger partial charge in [-0.1, -0.05) is 13.0 Å². The van der Waals surface area contributed by atoms with Crippen molar-refractivity contribution in [3.63, 3.8) is 0 Å². The summed E-state index contributed by atoms with van der Waals surface area (Å²) in [7, 11) is 0. The predicted molar refractivity (Wildman–Crippen MR) is 66.0 cm³/mol. The van der Waals surface area contributed by atoms with E-state index in [4.69, 9.17) is 0 Å². The monoisotopic (exact) mass is 285 g/mol. The summed E-state index contributed by atoms with van der Waals surface area (Å²) < 4.78 is 0. The van der Waals surface area contributed by atoms with Crippen molar-refractivity contribution in [3.05, 3.63) is 42.0 Å². The van der Waals surface area contributed by atoms with E-state index in [1.807, 2.05) is 0 Å². The van der Waals surface area contributed by atoms with Crippen molar-refractivity contribution >= 4 is 48.0 Å². The van der Waals surface area contributed by atoms with Gasteiger partial charge in [-0.25, -0.2) is 0 Å². The van der Waals surface area contributed by atoms with Crippen molar-refractivity contribution in [2.45, 2.75) is 6.92 Å². The fraction of sp³-hybridized carbons (Fsp3) is 0.100. The second kappa shape index (κ2) is 8.70. The largest absolute Gasteiger partial charge is 0.168 e. The van der Waals surface area contributed by atoms with Gasteiger partial charge in [0, 0.05) is 21.7 Å². The molecule has 0 aliphatic heterocycles. The van der Waals surface area contributed by atoms with E-state index < -0.39 is 0 Å². The summed E-state index contributed by atoms with van der Waals surface area (Å²) in [5, 5.41) is 2.72. The molecule has 0 aliphatic carbocycles. The van der Waals surface area contributed by atoms with Gasteiger partial charge in [0.25, 0.3) is 0 Å². The van der Waals surface area contributed by atoms with Crippen molar-refractivity contribution < 1.29 is 21.7 Å². The van der Waals surface area contributed by atoms with E-state index in [1.54, 1.807) is 0 Å². The Hall–Kier alpha value is 0.414. The van der Waals surface area contributed by atoms with Gasteiger partial charge in [0.05, 0.1) is 0 Å². The minimum absolute atomic E-state index is 0. The van der Waals surface area contributed by atoms with Crippen molar-refractivity contribution in [1.29, 1.82) is 0 Å². The topological polar surface area (TPSA) is 0 Å². The molecule has 0 nitrogen and oxygen atoms in total. The molecule has 0 aromatic heterocycles. The molecule has 0 amide bonds. The van der Waals surface area contributed by atoms with Crippen LogP contribution in [-0.2, 0) is 21.7 Å². The number of hydrogen-bond acceptors (Lipinski definition) is 0. The number of halogens is 3. The Labute approximate surface area is 118 Å². The molecule has 0 saturated carbocycles. The fourth-order valence-corrected chi connectivity index (χ4v) is 1.31. The van der Waals surface area contributed by atoms with Gasteiger partial charge < -0.3 is 0 Å². The van der Waals surface area contributed by atoms with Crippen LogP contribution in [0.3, 0.4) is 0 Å². The molecule has 2 aromatic carbocycles. The molecule has 2 aromatic rings. The Morgan fingerprint density at radius 2 is 1.50 bits per heavy atom. The molecular formula is C10H12Cl3Ti-. The Balaban J connectivity index is -0.000000302. The molecule has 0 spiro atoms. The van der Waals surface area contributed by atoms with Gasteiger partial charge in [0.15, 0.2) is 0 Å². The van der Waals surface area contributed by atoms with Crippen molar-refractivity contribution in [3.8, 4) is 0 Å². The van der Waals surface area contributed by atoms with Gasteiger partial charge in [0.1, 0.15) is 0 Å². The Kier molecular flexibility index (Phi) is 12.4. The van der Waals surface area contributed by atoms with E-state index in [1.165, 1.54) is 16.3 Å². The third-order valence-corrected chi connectivity index (χ3v) is 1.90. The van der Waals surface area contributed by atoms with E-state index in [0.29, 0.717) is 0 Å². The van der Waals surface area contributed by atoms with Crippen molar-refractivity contribution in [1.82, 2.24) is 0 Å². The van der Waals surface area contributed by atoms with Crippen LogP contribution in [0.4, 0.5) is 0 Å². The van der Waals surface area contributed by atoms with Gasteiger partial charge in [-0.05, 0) is 0 Å². The average molecular weight is 286 g/mol.